The van der Waals surface area contributed by atoms with Crippen molar-refractivity contribution >= 4 is 17.3 Å². The Labute approximate surface area is 199 Å². The fourth-order valence-electron chi connectivity index (χ4n) is 4.21. The number of benzene rings is 2. The van der Waals surface area contributed by atoms with E-state index in [4.69, 9.17) is 21.4 Å². The Morgan fingerprint density at radius 2 is 1.76 bits per heavy atom. The predicted octanol–water partition coefficient (Wildman–Crippen LogP) is 5.91. The van der Waals surface area contributed by atoms with E-state index in [1.54, 1.807) is 0 Å². The molecule has 33 heavy (non-hydrogen) atoms. The molecule has 1 aliphatic rings. The summed E-state index contributed by atoms with van der Waals surface area (Å²) in [6.45, 7) is 3.30. The van der Waals surface area contributed by atoms with E-state index in [2.05, 4.69) is 27.3 Å². The highest BCUT2D eigenvalue weighted by atomic mass is 32.1. The molecule has 5 rings (SSSR count). The van der Waals surface area contributed by atoms with Crippen molar-refractivity contribution in [1.29, 1.82) is 0 Å². The fraction of sp³-hybridized carbons (Fsp3) is 0.185. The first kappa shape index (κ1) is 21.2. The van der Waals surface area contributed by atoms with Gasteiger partial charge in [-0.1, -0.05) is 36.4 Å². The van der Waals surface area contributed by atoms with E-state index < -0.39 is 0 Å². The number of ether oxygens (including phenoxy) is 1. The molecular weight excluding hydrogens is 430 g/mol. The smallest absolute Gasteiger partial charge is 0.170 e. The molecule has 1 saturated heterocycles. The van der Waals surface area contributed by atoms with Crippen LogP contribution in [0.5, 0.6) is 5.75 Å². The van der Waals surface area contributed by atoms with Crippen molar-refractivity contribution < 1.29 is 9.15 Å². The minimum atomic E-state index is -0.121. The topological polar surface area (TPSA) is 50.5 Å². The van der Waals surface area contributed by atoms with E-state index in [0.29, 0.717) is 18.3 Å². The lowest BCUT2D eigenvalue weighted by molar-refractivity contribution is 0.269. The third-order valence-electron chi connectivity index (χ3n) is 5.76. The Hall–Kier alpha value is -3.64. The van der Waals surface area contributed by atoms with E-state index in [0.717, 1.165) is 28.5 Å². The molecule has 1 N–H and O–H groups in total. The number of thiocarbonyl (C=S) groups is 1. The monoisotopic (exact) mass is 455 g/mol. The average Bonchev–Trinajstić information content (AvgIpc) is 3.46. The molecule has 2 atom stereocenters. The van der Waals surface area contributed by atoms with Crippen LogP contribution in [0.25, 0.3) is 11.3 Å². The Morgan fingerprint density at radius 1 is 0.970 bits per heavy atom. The van der Waals surface area contributed by atoms with Gasteiger partial charge in [-0.05, 0) is 73.2 Å². The molecule has 6 heteroatoms. The van der Waals surface area contributed by atoms with Crippen LogP contribution in [0.4, 0.5) is 0 Å². The van der Waals surface area contributed by atoms with Crippen LogP contribution in [-0.2, 0) is 6.54 Å². The molecule has 166 valence electrons. The van der Waals surface area contributed by atoms with Crippen molar-refractivity contribution in [2.45, 2.75) is 25.6 Å². The van der Waals surface area contributed by atoms with Crippen molar-refractivity contribution in [3.05, 3.63) is 108 Å². The Balaban J connectivity index is 1.49. The van der Waals surface area contributed by atoms with Crippen molar-refractivity contribution in [1.82, 2.24) is 15.2 Å². The largest absolute Gasteiger partial charge is 0.494 e. The molecule has 0 spiro atoms. The quantitative estimate of drug-likeness (QED) is 0.350. The van der Waals surface area contributed by atoms with Crippen LogP contribution in [0.2, 0.25) is 0 Å². The molecule has 2 aromatic heterocycles. The lowest BCUT2D eigenvalue weighted by Crippen LogP contribution is -2.29. The molecule has 0 amide bonds. The third-order valence-corrected chi connectivity index (χ3v) is 6.11. The van der Waals surface area contributed by atoms with Crippen LogP contribution in [0, 0.1) is 0 Å². The highest BCUT2D eigenvalue weighted by Crippen LogP contribution is 2.41. The van der Waals surface area contributed by atoms with Crippen molar-refractivity contribution in [3.63, 3.8) is 0 Å². The van der Waals surface area contributed by atoms with Gasteiger partial charge in [-0.2, -0.15) is 0 Å². The minimum Gasteiger partial charge on any atom is -0.494 e. The number of pyridine rings is 1. The van der Waals surface area contributed by atoms with Gasteiger partial charge in [0.05, 0.1) is 18.3 Å². The SMILES string of the molecule is CCOc1ccc(-c2ccc([C@@H]3[C@H](c4ccccn4)NC(=S)N3Cc3ccccc3)o2)cc1. The summed E-state index contributed by atoms with van der Waals surface area (Å²) in [6, 6.07) is 28.1. The van der Waals surface area contributed by atoms with Crippen LogP contribution in [0.1, 0.15) is 36.0 Å². The zero-order valence-corrected chi connectivity index (χ0v) is 19.2. The van der Waals surface area contributed by atoms with Crippen LogP contribution >= 0.6 is 12.2 Å². The zero-order chi connectivity index (χ0) is 22.6. The Kier molecular flexibility index (Phi) is 6.09. The molecule has 0 saturated carbocycles. The van der Waals surface area contributed by atoms with Gasteiger partial charge in [-0.25, -0.2) is 0 Å². The Bertz CT molecular complexity index is 1210. The van der Waals surface area contributed by atoms with E-state index in [1.807, 2.05) is 85.9 Å². The van der Waals surface area contributed by atoms with Crippen molar-refractivity contribution in [2.24, 2.45) is 0 Å². The molecule has 0 aliphatic carbocycles. The fourth-order valence-corrected chi connectivity index (χ4v) is 4.52. The lowest BCUT2D eigenvalue weighted by atomic mass is 10.0. The number of nitrogens with one attached hydrogen (secondary N) is 1. The van der Waals surface area contributed by atoms with Gasteiger partial charge in [0.15, 0.2) is 5.11 Å². The summed E-state index contributed by atoms with van der Waals surface area (Å²) in [6.07, 6.45) is 1.81. The number of aromatic nitrogens is 1. The second-order valence-electron chi connectivity index (χ2n) is 7.90. The molecule has 2 aromatic carbocycles. The van der Waals surface area contributed by atoms with E-state index >= 15 is 0 Å². The van der Waals surface area contributed by atoms with Gasteiger partial charge in [0.25, 0.3) is 0 Å². The van der Waals surface area contributed by atoms with E-state index in [9.17, 15) is 0 Å². The zero-order valence-electron chi connectivity index (χ0n) is 18.3. The van der Waals surface area contributed by atoms with Crippen LogP contribution in [-0.4, -0.2) is 21.6 Å². The van der Waals surface area contributed by atoms with Gasteiger partial charge in [0.2, 0.25) is 0 Å². The number of nitrogens with zero attached hydrogens (tertiary/aromatic N) is 2. The highest BCUT2D eigenvalue weighted by molar-refractivity contribution is 7.80. The van der Waals surface area contributed by atoms with Crippen molar-refractivity contribution in [3.8, 4) is 17.1 Å². The summed E-state index contributed by atoms with van der Waals surface area (Å²) in [4.78, 5) is 6.79. The molecule has 3 heterocycles. The number of hydrogen-bond acceptors (Lipinski definition) is 4. The molecular formula is C27H25N3O2S. The van der Waals surface area contributed by atoms with Gasteiger partial charge < -0.3 is 19.4 Å². The molecule has 5 nitrogen and oxygen atoms in total. The van der Waals surface area contributed by atoms with Gasteiger partial charge in [-0.15, -0.1) is 0 Å². The van der Waals surface area contributed by atoms with Gasteiger partial charge in [-0.3, -0.25) is 4.98 Å². The van der Waals surface area contributed by atoms with Crippen LogP contribution in [0.3, 0.4) is 0 Å². The summed E-state index contributed by atoms with van der Waals surface area (Å²) in [5.74, 6) is 2.51. The van der Waals surface area contributed by atoms with Gasteiger partial charge >= 0.3 is 0 Å². The van der Waals surface area contributed by atoms with E-state index in [-0.39, 0.29) is 12.1 Å². The summed E-state index contributed by atoms with van der Waals surface area (Å²) in [5, 5.41) is 4.17. The maximum absolute atomic E-state index is 6.41. The first-order valence-corrected chi connectivity index (χ1v) is 11.5. The number of furan rings is 1. The lowest BCUT2D eigenvalue weighted by Gasteiger charge is -2.26. The average molecular weight is 456 g/mol. The standard InChI is InChI=1S/C27H25N3O2S/c1-2-31-21-13-11-20(12-14-21)23-15-16-24(32-23)26-25(22-10-6-7-17-28-22)29-27(33)30(26)18-19-8-4-3-5-9-19/h3-17,25-26H,2,18H2,1H3,(H,29,33)/t25-,26+/m0/s1. The summed E-state index contributed by atoms with van der Waals surface area (Å²) < 4.78 is 12.0. The molecule has 0 radical (unpaired) electrons. The number of rotatable bonds is 7. The second kappa shape index (κ2) is 9.46. The molecule has 1 fully saturated rings. The van der Waals surface area contributed by atoms with E-state index in [1.165, 1.54) is 5.56 Å². The normalized spacial score (nSPS) is 17.7. The first-order valence-electron chi connectivity index (χ1n) is 11.1. The molecule has 0 unspecified atom stereocenters. The minimum absolute atomic E-state index is 0.109. The maximum Gasteiger partial charge on any atom is 0.170 e. The van der Waals surface area contributed by atoms with Gasteiger partial charge in [0.1, 0.15) is 23.3 Å². The van der Waals surface area contributed by atoms with Gasteiger partial charge in [0, 0.05) is 18.3 Å². The maximum atomic E-state index is 6.41. The third kappa shape index (κ3) is 4.47. The molecule has 4 aromatic rings. The second-order valence-corrected chi connectivity index (χ2v) is 8.29. The molecule has 0 bridgehead atoms. The summed E-state index contributed by atoms with van der Waals surface area (Å²) in [7, 11) is 0. The summed E-state index contributed by atoms with van der Waals surface area (Å²) in [5.41, 5.74) is 3.12. The first-order chi connectivity index (χ1) is 16.2. The van der Waals surface area contributed by atoms with Crippen LogP contribution < -0.4 is 10.1 Å². The summed E-state index contributed by atoms with van der Waals surface area (Å²) >= 11 is 5.76. The Morgan fingerprint density at radius 3 is 2.48 bits per heavy atom. The molecule has 1 aliphatic heterocycles. The number of hydrogen-bond donors (Lipinski definition) is 1. The highest BCUT2D eigenvalue weighted by Gasteiger charge is 2.41. The van der Waals surface area contributed by atoms with Crippen LogP contribution in [0.15, 0.2) is 95.5 Å². The van der Waals surface area contributed by atoms with Crippen molar-refractivity contribution in [2.75, 3.05) is 6.61 Å². The predicted molar refractivity (Wildman–Crippen MR) is 133 cm³/mol.